The molecular weight excluding hydrogens is 324 g/mol. The van der Waals surface area contributed by atoms with E-state index in [9.17, 15) is 13.2 Å². The monoisotopic (exact) mass is 346 g/mol. The van der Waals surface area contributed by atoms with Crippen molar-refractivity contribution in [2.45, 2.75) is 32.2 Å². The Hall–Kier alpha value is -2.08. The predicted octanol–water partition coefficient (Wildman–Crippen LogP) is 3.21. The van der Waals surface area contributed by atoms with Crippen molar-refractivity contribution in [2.75, 3.05) is 0 Å². The lowest BCUT2D eigenvalue weighted by atomic mass is 9.75. The summed E-state index contributed by atoms with van der Waals surface area (Å²) in [5.41, 5.74) is -0.369. The summed E-state index contributed by atoms with van der Waals surface area (Å²) in [4.78, 5) is 15.6. The Morgan fingerprint density at radius 3 is 2.58 bits per heavy atom. The van der Waals surface area contributed by atoms with Gasteiger partial charge in [-0.25, -0.2) is 4.72 Å². The number of rotatable bonds is 4. The molecule has 0 radical (unpaired) electrons. The number of amides is 1. The van der Waals surface area contributed by atoms with Crippen LogP contribution in [0.25, 0.3) is 10.9 Å². The molecular formula is C18H22N2O3S. The maximum absolute atomic E-state index is 12.8. The lowest BCUT2D eigenvalue weighted by molar-refractivity contribution is -0.128. The van der Waals surface area contributed by atoms with Gasteiger partial charge in [0.2, 0.25) is 5.91 Å². The molecule has 2 aromatic rings. The fourth-order valence-electron chi connectivity index (χ4n) is 3.50. The number of sulfonamides is 1. The molecule has 1 saturated carbocycles. The highest BCUT2D eigenvalue weighted by Gasteiger charge is 2.65. The van der Waals surface area contributed by atoms with Crippen LogP contribution < -0.4 is 4.72 Å². The summed E-state index contributed by atoms with van der Waals surface area (Å²) < 4.78 is 27.5. The van der Waals surface area contributed by atoms with Gasteiger partial charge in [-0.2, -0.15) is 8.42 Å². The number of carbonyl (C=O) groups excluding carboxylic acids is 1. The maximum Gasteiger partial charge on any atom is 0.279 e. The van der Waals surface area contributed by atoms with E-state index in [2.05, 4.69) is 16.3 Å². The van der Waals surface area contributed by atoms with Crippen LogP contribution in [0.4, 0.5) is 0 Å². The van der Waals surface area contributed by atoms with Crippen LogP contribution in [0.1, 0.15) is 27.2 Å². The fourth-order valence-corrected chi connectivity index (χ4v) is 4.56. The minimum atomic E-state index is -3.95. The summed E-state index contributed by atoms with van der Waals surface area (Å²) in [6.07, 6.45) is 2.36. The normalized spacial score (nSPS) is 23.9. The molecule has 1 aliphatic rings. The van der Waals surface area contributed by atoms with E-state index in [1.165, 1.54) is 6.07 Å². The Bertz CT molecular complexity index is 888. The van der Waals surface area contributed by atoms with E-state index in [0.717, 1.165) is 5.39 Å². The molecule has 0 spiro atoms. The summed E-state index contributed by atoms with van der Waals surface area (Å²) in [6, 6.07) is 8.80. The Morgan fingerprint density at radius 2 is 2.04 bits per heavy atom. The van der Waals surface area contributed by atoms with Gasteiger partial charge in [-0.15, -0.1) is 6.58 Å². The van der Waals surface area contributed by atoms with Gasteiger partial charge in [-0.05, 0) is 29.9 Å². The van der Waals surface area contributed by atoms with E-state index in [1.807, 2.05) is 39.0 Å². The average Bonchev–Trinajstić information content (AvgIpc) is 3.10. The van der Waals surface area contributed by atoms with Crippen LogP contribution in [0.5, 0.6) is 0 Å². The van der Waals surface area contributed by atoms with E-state index < -0.39 is 21.3 Å². The second-order valence-corrected chi connectivity index (χ2v) is 9.07. The zero-order chi connectivity index (χ0) is 17.8. The number of hydrogen-bond acceptors (Lipinski definition) is 3. The molecule has 1 aromatic carbocycles. The van der Waals surface area contributed by atoms with Crippen LogP contribution in [0.15, 0.2) is 48.0 Å². The topological polar surface area (TPSA) is 79.0 Å². The van der Waals surface area contributed by atoms with E-state index >= 15 is 0 Å². The van der Waals surface area contributed by atoms with Crippen molar-refractivity contribution in [3.05, 3.63) is 43.0 Å². The first kappa shape index (κ1) is 16.8. The van der Waals surface area contributed by atoms with Gasteiger partial charge in [0.15, 0.2) is 5.03 Å². The van der Waals surface area contributed by atoms with Crippen molar-refractivity contribution < 1.29 is 13.2 Å². The van der Waals surface area contributed by atoms with Crippen molar-refractivity contribution in [1.82, 2.24) is 9.71 Å². The summed E-state index contributed by atoms with van der Waals surface area (Å²) in [5, 5.41) is 0.781. The Labute approximate surface area is 142 Å². The molecule has 1 fully saturated rings. The number of para-hydroxylation sites is 1. The van der Waals surface area contributed by atoms with Crippen molar-refractivity contribution >= 4 is 26.8 Å². The number of carbonyl (C=O) groups is 1. The number of H-pyrrole nitrogens is 1. The van der Waals surface area contributed by atoms with Crippen molar-refractivity contribution in [3.8, 4) is 0 Å². The first-order valence-electron chi connectivity index (χ1n) is 7.89. The fraction of sp³-hybridized carbons (Fsp3) is 0.389. The highest BCUT2D eigenvalue weighted by molar-refractivity contribution is 7.90. The summed E-state index contributed by atoms with van der Waals surface area (Å²) in [7, 11) is -3.95. The van der Waals surface area contributed by atoms with Crippen LogP contribution in [0, 0.1) is 16.7 Å². The standard InChI is InChI=1S/C18H22N2O3S/c1-5-13-11-18(13,17(2,3)4)16(21)20-24(22,23)15-10-12-8-6-7-9-14(12)19-15/h5-10,13,19H,1,11H2,2-4H3,(H,20,21)/t13-,18-/m1/s1. The van der Waals surface area contributed by atoms with Gasteiger partial charge in [0.05, 0.1) is 5.41 Å². The van der Waals surface area contributed by atoms with Crippen molar-refractivity contribution in [3.63, 3.8) is 0 Å². The second-order valence-electron chi connectivity index (χ2n) is 7.42. The molecule has 1 aromatic heterocycles. The smallest absolute Gasteiger partial charge is 0.279 e. The van der Waals surface area contributed by atoms with Gasteiger partial charge in [0.1, 0.15) is 0 Å². The average molecular weight is 346 g/mol. The minimum absolute atomic E-state index is 0.00286. The van der Waals surface area contributed by atoms with Crippen molar-refractivity contribution in [1.29, 1.82) is 0 Å². The van der Waals surface area contributed by atoms with E-state index in [1.54, 1.807) is 12.1 Å². The van der Waals surface area contributed by atoms with Gasteiger partial charge in [-0.3, -0.25) is 4.79 Å². The van der Waals surface area contributed by atoms with Gasteiger partial charge in [-0.1, -0.05) is 45.0 Å². The third-order valence-corrected chi connectivity index (χ3v) is 6.32. The zero-order valence-corrected chi connectivity index (χ0v) is 14.9. The summed E-state index contributed by atoms with van der Waals surface area (Å²) in [5.74, 6) is -0.464. The lowest BCUT2D eigenvalue weighted by Gasteiger charge is -2.30. The minimum Gasteiger partial charge on any atom is -0.344 e. The number of hydrogen-bond donors (Lipinski definition) is 2. The first-order valence-corrected chi connectivity index (χ1v) is 9.38. The van der Waals surface area contributed by atoms with E-state index in [-0.39, 0.29) is 16.4 Å². The molecule has 0 saturated heterocycles. The van der Waals surface area contributed by atoms with Gasteiger partial charge >= 0.3 is 0 Å². The molecule has 0 bridgehead atoms. The van der Waals surface area contributed by atoms with Crippen LogP contribution in [0.2, 0.25) is 0 Å². The third kappa shape index (κ3) is 2.45. The Balaban J connectivity index is 1.92. The molecule has 5 nitrogen and oxygen atoms in total. The number of benzene rings is 1. The summed E-state index contributed by atoms with van der Waals surface area (Å²) >= 11 is 0. The van der Waals surface area contributed by atoms with Gasteiger partial charge in [0.25, 0.3) is 10.0 Å². The van der Waals surface area contributed by atoms with Crippen LogP contribution >= 0.6 is 0 Å². The van der Waals surface area contributed by atoms with Gasteiger partial charge < -0.3 is 4.98 Å². The van der Waals surface area contributed by atoms with E-state index in [0.29, 0.717) is 11.9 Å². The lowest BCUT2D eigenvalue weighted by Crippen LogP contribution is -2.43. The first-order chi connectivity index (χ1) is 11.1. The number of aromatic amines is 1. The molecule has 2 N–H and O–H groups in total. The Kier molecular flexibility index (Phi) is 3.64. The largest absolute Gasteiger partial charge is 0.344 e. The van der Waals surface area contributed by atoms with Gasteiger partial charge in [0, 0.05) is 10.9 Å². The molecule has 1 heterocycles. The highest BCUT2D eigenvalue weighted by Crippen LogP contribution is 2.63. The molecule has 0 aliphatic heterocycles. The Morgan fingerprint density at radius 1 is 1.38 bits per heavy atom. The van der Waals surface area contributed by atoms with Crippen molar-refractivity contribution in [2.24, 2.45) is 16.7 Å². The number of nitrogens with one attached hydrogen (secondary N) is 2. The molecule has 24 heavy (non-hydrogen) atoms. The summed E-state index contributed by atoms with van der Waals surface area (Å²) in [6.45, 7) is 9.61. The van der Waals surface area contributed by atoms with E-state index in [4.69, 9.17) is 0 Å². The van der Waals surface area contributed by atoms with Crippen LogP contribution in [-0.2, 0) is 14.8 Å². The zero-order valence-electron chi connectivity index (χ0n) is 14.1. The molecule has 0 unspecified atom stereocenters. The number of allylic oxidation sites excluding steroid dienone is 1. The molecule has 1 aliphatic carbocycles. The molecule has 128 valence electrons. The molecule has 2 atom stereocenters. The molecule has 1 amide bonds. The molecule has 6 heteroatoms. The second kappa shape index (κ2) is 5.21. The predicted molar refractivity (Wildman–Crippen MR) is 93.8 cm³/mol. The quantitative estimate of drug-likeness (QED) is 0.834. The van der Waals surface area contributed by atoms with Crippen LogP contribution in [0.3, 0.4) is 0 Å². The highest BCUT2D eigenvalue weighted by atomic mass is 32.2. The molecule has 3 rings (SSSR count). The number of fused-ring (bicyclic) bond motifs is 1. The third-order valence-electron chi connectivity index (χ3n) is 5.06. The number of aromatic nitrogens is 1. The maximum atomic E-state index is 12.8. The van der Waals surface area contributed by atoms with Crippen LogP contribution in [-0.4, -0.2) is 19.3 Å². The SMILES string of the molecule is C=C[C@@H]1C[C@@]1(C(=O)NS(=O)(=O)c1cc2ccccc2[nH]1)C(C)(C)C.